The maximum atomic E-state index is 12.3. The van der Waals surface area contributed by atoms with Crippen LogP contribution < -0.4 is 10.1 Å². The molecule has 1 aliphatic rings. The van der Waals surface area contributed by atoms with E-state index in [1.807, 2.05) is 17.0 Å². The normalized spacial score (nSPS) is 14.8. The molecule has 0 saturated carbocycles. The molecule has 1 saturated heterocycles. The Balaban J connectivity index is 1.33. The van der Waals surface area contributed by atoms with Crippen LogP contribution in [0, 0.1) is 5.92 Å². The number of nitrogens with one attached hydrogen (secondary N) is 1. The van der Waals surface area contributed by atoms with Gasteiger partial charge in [-0.1, -0.05) is 49.4 Å². The van der Waals surface area contributed by atoms with Crippen LogP contribution in [0.15, 0.2) is 54.6 Å². The fourth-order valence-electron chi connectivity index (χ4n) is 3.58. The number of aryl methyl sites for hydroxylation is 1. The second-order valence-electron chi connectivity index (χ2n) is 7.20. The maximum Gasteiger partial charge on any atom is 0.317 e. The summed E-state index contributed by atoms with van der Waals surface area (Å²) < 4.78 is 5.74. The van der Waals surface area contributed by atoms with Crippen molar-refractivity contribution >= 4 is 6.03 Å². The Hall–Kier alpha value is -2.49. The number of urea groups is 1. The molecule has 1 heterocycles. The lowest BCUT2D eigenvalue weighted by Gasteiger charge is -2.32. The van der Waals surface area contributed by atoms with Gasteiger partial charge < -0.3 is 15.0 Å². The van der Waals surface area contributed by atoms with Gasteiger partial charge in [0.15, 0.2) is 0 Å². The van der Waals surface area contributed by atoms with Crippen molar-refractivity contribution in [3.05, 3.63) is 65.7 Å². The molecule has 4 heteroatoms. The number of likely N-dealkylation sites (tertiary alicyclic amines) is 1. The van der Waals surface area contributed by atoms with Crippen molar-refractivity contribution in [1.29, 1.82) is 0 Å². The van der Waals surface area contributed by atoms with Crippen molar-refractivity contribution in [2.75, 3.05) is 26.2 Å². The lowest BCUT2D eigenvalue weighted by molar-refractivity contribution is 0.168. The minimum Gasteiger partial charge on any atom is -0.492 e. The van der Waals surface area contributed by atoms with Crippen molar-refractivity contribution < 1.29 is 9.53 Å². The second-order valence-corrected chi connectivity index (χ2v) is 7.20. The molecule has 4 nitrogen and oxygen atoms in total. The van der Waals surface area contributed by atoms with Crippen molar-refractivity contribution in [1.82, 2.24) is 10.2 Å². The quantitative estimate of drug-likeness (QED) is 0.743. The fraction of sp³-hybridized carbons (Fsp3) is 0.435. The standard InChI is InChI=1S/C23H30N2O2/c1-2-19-9-6-10-22(18-19)27-16-13-24-23(26)25-14-11-21(12-15-25)17-20-7-4-3-5-8-20/h3-10,18,21H,2,11-17H2,1H3,(H,24,26). The Kier molecular flexibility index (Phi) is 7.14. The van der Waals surface area contributed by atoms with E-state index >= 15 is 0 Å². The van der Waals surface area contributed by atoms with Crippen LogP contribution in [0.2, 0.25) is 0 Å². The smallest absolute Gasteiger partial charge is 0.317 e. The zero-order valence-electron chi connectivity index (χ0n) is 16.2. The van der Waals surface area contributed by atoms with Crippen LogP contribution in [0.25, 0.3) is 0 Å². The Morgan fingerprint density at radius 3 is 2.56 bits per heavy atom. The highest BCUT2D eigenvalue weighted by molar-refractivity contribution is 5.74. The van der Waals surface area contributed by atoms with E-state index in [1.165, 1.54) is 11.1 Å². The number of carbonyl (C=O) groups is 1. The molecule has 0 radical (unpaired) electrons. The molecule has 2 amide bonds. The summed E-state index contributed by atoms with van der Waals surface area (Å²) in [6, 6.07) is 18.8. The molecule has 1 fully saturated rings. The molecule has 144 valence electrons. The van der Waals surface area contributed by atoms with Gasteiger partial charge in [0.2, 0.25) is 0 Å². The molecule has 0 aromatic heterocycles. The number of ether oxygens (including phenoxy) is 1. The van der Waals surface area contributed by atoms with Crippen LogP contribution in [0.3, 0.4) is 0 Å². The van der Waals surface area contributed by atoms with E-state index in [2.05, 4.69) is 54.7 Å². The Morgan fingerprint density at radius 2 is 1.81 bits per heavy atom. The van der Waals surface area contributed by atoms with Gasteiger partial charge in [-0.2, -0.15) is 0 Å². The zero-order valence-corrected chi connectivity index (χ0v) is 16.2. The number of hydrogen-bond acceptors (Lipinski definition) is 2. The summed E-state index contributed by atoms with van der Waals surface area (Å²) in [4.78, 5) is 14.3. The average Bonchev–Trinajstić information content (AvgIpc) is 2.72. The number of nitrogens with zero attached hydrogens (tertiary/aromatic N) is 1. The summed E-state index contributed by atoms with van der Waals surface area (Å²) in [7, 11) is 0. The van der Waals surface area contributed by atoms with Gasteiger partial charge in [0.1, 0.15) is 12.4 Å². The van der Waals surface area contributed by atoms with Crippen molar-refractivity contribution in [2.45, 2.75) is 32.6 Å². The third-order valence-electron chi connectivity index (χ3n) is 5.22. The molecule has 1 N–H and O–H groups in total. The van der Waals surface area contributed by atoms with Crippen molar-refractivity contribution in [3.63, 3.8) is 0 Å². The predicted molar refractivity (Wildman–Crippen MR) is 109 cm³/mol. The number of piperidine rings is 1. The third-order valence-corrected chi connectivity index (χ3v) is 5.22. The highest BCUT2D eigenvalue weighted by atomic mass is 16.5. The van der Waals surface area contributed by atoms with Gasteiger partial charge in [0, 0.05) is 13.1 Å². The van der Waals surface area contributed by atoms with Gasteiger partial charge in [-0.15, -0.1) is 0 Å². The SMILES string of the molecule is CCc1cccc(OCCNC(=O)N2CCC(Cc3ccccc3)CC2)c1. The van der Waals surface area contributed by atoms with E-state index in [1.54, 1.807) is 0 Å². The lowest BCUT2D eigenvalue weighted by Crippen LogP contribution is -2.45. The van der Waals surface area contributed by atoms with Crippen LogP contribution in [0.5, 0.6) is 5.75 Å². The lowest BCUT2D eigenvalue weighted by atomic mass is 9.90. The van der Waals surface area contributed by atoms with E-state index in [4.69, 9.17) is 4.74 Å². The summed E-state index contributed by atoms with van der Waals surface area (Å²) >= 11 is 0. The van der Waals surface area contributed by atoms with E-state index in [0.29, 0.717) is 19.1 Å². The first-order valence-corrected chi connectivity index (χ1v) is 10.0. The van der Waals surface area contributed by atoms with E-state index < -0.39 is 0 Å². The molecule has 0 bridgehead atoms. The summed E-state index contributed by atoms with van der Waals surface area (Å²) in [6.07, 6.45) is 4.25. The van der Waals surface area contributed by atoms with Crippen LogP contribution >= 0.6 is 0 Å². The minimum atomic E-state index is 0.0269. The van der Waals surface area contributed by atoms with Crippen molar-refractivity contribution in [2.24, 2.45) is 5.92 Å². The van der Waals surface area contributed by atoms with Crippen LogP contribution in [0.4, 0.5) is 4.79 Å². The van der Waals surface area contributed by atoms with Gasteiger partial charge in [-0.25, -0.2) is 4.79 Å². The number of amides is 2. The molecular formula is C23H30N2O2. The van der Waals surface area contributed by atoms with Gasteiger partial charge in [0.05, 0.1) is 6.54 Å². The second kappa shape index (κ2) is 10.0. The average molecular weight is 367 g/mol. The summed E-state index contributed by atoms with van der Waals surface area (Å²) in [5.41, 5.74) is 2.65. The van der Waals surface area contributed by atoms with Gasteiger partial charge in [-0.3, -0.25) is 0 Å². The molecule has 3 rings (SSSR count). The summed E-state index contributed by atoms with van der Waals surface area (Å²) in [6.45, 7) is 4.82. The first kappa shape index (κ1) is 19.3. The highest BCUT2D eigenvalue weighted by Gasteiger charge is 2.22. The molecule has 2 aromatic carbocycles. The molecule has 1 aliphatic heterocycles. The molecule has 0 unspecified atom stereocenters. The monoisotopic (exact) mass is 366 g/mol. The Labute approximate surface area is 162 Å². The van der Waals surface area contributed by atoms with Crippen LogP contribution in [0.1, 0.15) is 30.9 Å². The fourth-order valence-corrected chi connectivity index (χ4v) is 3.58. The van der Waals surface area contributed by atoms with Gasteiger partial charge >= 0.3 is 6.03 Å². The molecular weight excluding hydrogens is 336 g/mol. The predicted octanol–water partition coefficient (Wildman–Crippen LogP) is 4.29. The molecule has 0 spiro atoms. The maximum absolute atomic E-state index is 12.3. The van der Waals surface area contributed by atoms with E-state index in [0.717, 1.165) is 44.5 Å². The number of rotatable bonds is 7. The highest BCUT2D eigenvalue weighted by Crippen LogP contribution is 2.21. The number of hydrogen-bond donors (Lipinski definition) is 1. The first-order valence-electron chi connectivity index (χ1n) is 10.0. The summed E-state index contributed by atoms with van der Waals surface area (Å²) in [5, 5.41) is 2.98. The molecule has 2 aromatic rings. The number of benzene rings is 2. The van der Waals surface area contributed by atoms with Crippen LogP contribution in [-0.4, -0.2) is 37.2 Å². The Bertz CT molecular complexity index is 709. The third kappa shape index (κ3) is 6.02. The van der Waals surface area contributed by atoms with E-state index in [9.17, 15) is 4.79 Å². The first-order chi connectivity index (χ1) is 13.2. The molecule has 27 heavy (non-hydrogen) atoms. The molecule has 0 aliphatic carbocycles. The minimum absolute atomic E-state index is 0.0269. The van der Waals surface area contributed by atoms with E-state index in [-0.39, 0.29) is 6.03 Å². The summed E-state index contributed by atoms with van der Waals surface area (Å²) in [5.74, 6) is 1.54. The Morgan fingerprint density at radius 1 is 1.07 bits per heavy atom. The van der Waals surface area contributed by atoms with Crippen LogP contribution in [-0.2, 0) is 12.8 Å². The van der Waals surface area contributed by atoms with Gasteiger partial charge in [0.25, 0.3) is 0 Å². The zero-order chi connectivity index (χ0) is 18.9. The molecule has 0 atom stereocenters. The number of carbonyl (C=O) groups excluding carboxylic acids is 1. The van der Waals surface area contributed by atoms with Gasteiger partial charge in [-0.05, 0) is 54.9 Å². The largest absolute Gasteiger partial charge is 0.492 e. The topological polar surface area (TPSA) is 41.6 Å². The van der Waals surface area contributed by atoms with Crippen molar-refractivity contribution in [3.8, 4) is 5.75 Å².